The van der Waals surface area contributed by atoms with E-state index in [2.05, 4.69) is 9.97 Å². The lowest BCUT2D eigenvalue weighted by atomic mass is 9.85. The van der Waals surface area contributed by atoms with Crippen molar-refractivity contribution < 1.29 is 4.92 Å². The zero-order chi connectivity index (χ0) is 16.8. The van der Waals surface area contributed by atoms with Gasteiger partial charge in [-0.15, -0.1) is 0 Å². The second-order valence-corrected chi connectivity index (χ2v) is 6.92. The molecular weight excluding hydrogens is 314 g/mol. The predicted molar refractivity (Wildman–Crippen MR) is 86.0 cm³/mol. The molecule has 2 aliphatic carbocycles. The third-order valence-electron chi connectivity index (χ3n) is 5.35. The minimum atomic E-state index is -0.673. The summed E-state index contributed by atoms with van der Waals surface area (Å²) < 4.78 is 2.68. The molecule has 2 saturated carbocycles. The first-order valence-electron chi connectivity index (χ1n) is 8.42. The Kier molecular flexibility index (Phi) is 3.50. The van der Waals surface area contributed by atoms with E-state index in [1.165, 1.54) is 9.13 Å². The molecular formula is C15H19N5O4. The van der Waals surface area contributed by atoms with Gasteiger partial charge in [0.1, 0.15) is 0 Å². The van der Waals surface area contributed by atoms with Crippen LogP contribution in [0.4, 0.5) is 5.95 Å². The molecule has 128 valence electrons. The highest BCUT2D eigenvalue weighted by molar-refractivity contribution is 5.71. The highest BCUT2D eigenvalue weighted by Gasteiger charge is 2.28. The maximum absolute atomic E-state index is 12.8. The van der Waals surface area contributed by atoms with Gasteiger partial charge in [0, 0.05) is 13.1 Å². The highest BCUT2D eigenvalue weighted by Crippen LogP contribution is 2.29. The Bertz CT molecular complexity index is 916. The van der Waals surface area contributed by atoms with Crippen LogP contribution < -0.4 is 11.2 Å². The van der Waals surface area contributed by atoms with Gasteiger partial charge in [-0.2, -0.15) is 0 Å². The molecule has 2 heterocycles. The fourth-order valence-corrected chi connectivity index (χ4v) is 3.43. The Morgan fingerprint density at radius 3 is 2.17 bits per heavy atom. The molecule has 0 aliphatic heterocycles. The first-order valence-corrected chi connectivity index (χ1v) is 8.42. The fourth-order valence-electron chi connectivity index (χ4n) is 3.43. The molecule has 0 aromatic carbocycles. The number of hydrogen-bond donors (Lipinski definition) is 1. The molecule has 0 spiro atoms. The van der Waals surface area contributed by atoms with E-state index < -0.39 is 22.1 Å². The van der Waals surface area contributed by atoms with E-state index in [0.29, 0.717) is 24.9 Å². The van der Waals surface area contributed by atoms with E-state index in [9.17, 15) is 19.7 Å². The SMILES string of the molecule is O=c1c2[nH]c([N+](=O)[O-])nc2n(CC2CCC2)c(=O)n1CC1CCC1. The largest absolute Gasteiger partial charge is 0.435 e. The molecule has 2 aliphatic rings. The molecule has 4 rings (SSSR count). The first-order chi connectivity index (χ1) is 11.5. The summed E-state index contributed by atoms with van der Waals surface area (Å²) in [6.45, 7) is 0.841. The van der Waals surface area contributed by atoms with Gasteiger partial charge in [0.25, 0.3) is 11.2 Å². The van der Waals surface area contributed by atoms with Crippen LogP contribution in [0, 0.1) is 22.0 Å². The van der Waals surface area contributed by atoms with E-state index in [4.69, 9.17) is 0 Å². The van der Waals surface area contributed by atoms with Crippen LogP contribution in [0.2, 0.25) is 0 Å². The van der Waals surface area contributed by atoms with Crippen molar-refractivity contribution >= 4 is 17.1 Å². The monoisotopic (exact) mass is 333 g/mol. The molecule has 9 heteroatoms. The maximum Gasteiger partial charge on any atom is 0.435 e. The van der Waals surface area contributed by atoms with Gasteiger partial charge in [-0.1, -0.05) is 12.8 Å². The van der Waals surface area contributed by atoms with E-state index in [0.717, 1.165) is 38.5 Å². The number of nitro groups is 1. The van der Waals surface area contributed by atoms with Crippen LogP contribution in [0.15, 0.2) is 9.59 Å². The minimum absolute atomic E-state index is 0.0555. The smallest absolute Gasteiger partial charge is 0.390 e. The highest BCUT2D eigenvalue weighted by atomic mass is 16.6. The van der Waals surface area contributed by atoms with Crippen molar-refractivity contribution in [3.8, 4) is 0 Å². The number of rotatable bonds is 5. The summed E-state index contributed by atoms with van der Waals surface area (Å²) in [6, 6.07) is 0. The predicted octanol–water partition coefficient (Wildman–Crippen LogP) is 1.39. The lowest BCUT2D eigenvalue weighted by molar-refractivity contribution is -0.393. The van der Waals surface area contributed by atoms with Crippen LogP contribution in [0.25, 0.3) is 11.2 Å². The number of H-pyrrole nitrogens is 1. The molecule has 1 N–H and O–H groups in total. The van der Waals surface area contributed by atoms with Crippen LogP contribution in [-0.2, 0) is 13.1 Å². The molecule has 2 aromatic rings. The molecule has 9 nitrogen and oxygen atoms in total. The number of hydrogen-bond acceptors (Lipinski definition) is 5. The van der Waals surface area contributed by atoms with Crippen molar-refractivity contribution in [3.05, 3.63) is 31.0 Å². The van der Waals surface area contributed by atoms with Gasteiger partial charge in [-0.3, -0.25) is 13.9 Å². The Balaban J connectivity index is 1.88. The maximum atomic E-state index is 12.8. The van der Waals surface area contributed by atoms with E-state index in [-0.39, 0.29) is 11.2 Å². The van der Waals surface area contributed by atoms with Gasteiger partial charge in [0.05, 0.1) is 0 Å². The molecule has 2 aromatic heterocycles. The normalized spacial score (nSPS) is 18.5. The molecule has 2 fully saturated rings. The number of nitrogens with one attached hydrogen (secondary N) is 1. The Labute approximate surface area is 136 Å². The van der Waals surface area contributed by atoms with Crippen molar-refractivity contribution in [2.75, 3.05) is 0 Å². The van der Waals surface area contributed by atoms with E-state index in [1.807, 2.05) is 0 Å². The number of fused-ring (bicyclic) bond motifs is 1. The first kappa shape index (κ1) is 15.1. The van der Waals surface area contributed by atoms with Gasteiger partial charge in [-0.25, -0.2) is 9.78 Å². The minimum Gasteiger partial charge on any atom is -0.390 e. The zero-order valence-corrected chi connectivity index (χ0v) is 13.2. The number of imidazole rings is 1. The Morgan fingerprint density at radius 1 is 1.08 bits per heavy atom. The molecule has 0 radical (unpaired) electrons. The number of aromatic nitrogens is 4. The Morgan fingerprint density at radius 2 is 1.67 bits per heavy atom. The van der Waals surface area contributed by atoms with Gasteiger partial charge < -0.3 is 10.1 Å². The van der Waals surface area contributed by atoms with Crippen LogP contribution >= 0.6 is 0 Å². The summed E-state index contributed by atoms with van der Waals surface area (Å²) in [7, 11) is 0. The second kappa shape index (κ2) is 5.57. The van der Waals surface area contributed by atoms with Crippen molar-refractivity contribution in [3.63, 3.8) is 0 Å². The number of nitrogens with zero attached hydrogens (tertiary/aromatic N) is 4. The average Bonchev–Trinajstić information content (AvgIpc) is 2.89. The van der Waals surface area contributed by atoms with Crippen molar-refractivity contribution in [2.45, 2.75) is 51.6 Å². The summed E-state index contributed by atoms with van der Waals surface area (Å²) in [5, 5.41) is 11.0. The second-order valence-electron chi connectivity index (χ2n) is 6.92. The summed E-state index contributed by atoms with van der Waals surface area (Å²) >= 11 is 0. The summed E-state index contributed by atoms with van der Waals surface area (Å²) in [4.78, 5) is 42.2. The average molecular weight is 333 g/mol. The number of aromatic amines is 1. The van der Waals surface area contributed by atoms with Gasteiger partial charge in [0.2, 0.25) is 5.52 Å². The Hall–Kier alpha value is -2.45. The zero-order valence-electron chi connectivity index (χ0n) is 13.2. The molecule has 0 atom stereocenters. The van der Waals surface area contributed by atoms with E-state index >= 15 is 0 Å². The van der Waals surface area contributed by atoms with Gasteiger partial charge in [-0.05, 0) is 47.4 Å². The van der Waals surface area contributed by atoms with Crippen LogP contribution in [0.1, 0.15) is 38.5 Å². The third-order valence-corrected chi connectivity index (χ3v) is 5.35. The topological polar surface area (TPSA) is 116 Å². The fraction of sp³-hybridized carbons (Fsp3) is 0.667. The van der Waals surface area contributed by atoms with Crippen LogP contribution in [0.5, 0.6) is 0 Å². The van der Waals surface area contributed by atoms with Crippen LogP contribution in [0.3, 0.4) is 0 Å². The molecule has 0 amide bonds. The standard InChI is InChI=1S/C15H19N5O4/c21-13-11-12(17-14(16-11)20(23)24)18(7-9-3-1-4-9)15(22)19(13)8-10-5-2-6-10/h9-10H,1-8H2,(H,16,17). The van der Waals surface area contributed by atoms with Gasteiger partial charge >= 0.3 is 11.6 Å². The van der Waals surface area contributed by atoms with E-state index in [1.54, 1.807) is 0 Å². The molecule has 0 unspecified atom stereocenters. The third kappa shape index (κ3) is 2.35. The molecule has 0 saturated heterocycles. The van der Waals surface area contributed by atoms with Crippen molar-refractivity contribution in [2.24, 2.45) is 11.8 Å². The molecule has 24 heavy (non-hydrogen) atoms. The quantitative estimate of drug-likeness (QED) is 0.656. The lowest BCUT2D eigenvalue weighted by Gasteiger charge is -2.27. The van der Waals surface area contributed by atoms with Gasteiger partial charge in [0.15, 0.2) is 0 Å². The lowest BCUT2D eigenvalue weighted by Crippen LogP contribution is -2.43. The van der Waals surface area contributed by atoms with Crippen molar-refractivity contribution in [1.29, 1.82) is 0 Å². The summed E-state index contributed by atoms with van der Waals surface area (Å²) in [5.74, 6) is 0.212. The van der Waals surface area contributed by atoms with Crippen LogP contribution in [-0.4, -0.2) is 24.0 Å². The summed E-state index contributed by atoms with van der Waals surface area (Å²) in [6.07, 6.45) is 6.33. The van der Waals surface area contributed by atoms with Crippen molar-refractivity contribution in [1.82, 2.24) is 19.1 Å². The molecule has 0 bridgehead atoms. The summed E-state index contributed by atoms with van der Waals surface area (Å²) in [5.41, 5.74) is -0.742.